The van der Waals surface area contributed by atoms with Crippen LogP contribution in [0.2, 0.25) is 0 Å². The molecule has 2 aliphatic rings. The van der Waals surface area contributed by atoms with Crippen molar-refractivity contribution in [2.24, 2.45) is 0 Å². The largest absolute Gasteiger partial charge is 0.507 e. The van der Waals surface area contributed by atoms with Crippen LogP contribution in [-0.2, 0) is 0 Å². The molecule has 2 aliphatic heterocycles. The third-order valence-corrected chi connectivity index (χ3v) is 6.60. The van der Waals surface area contributed by atoms with E-state index in [1.807, 2.05) is 13.1 Å². The molecular weight excluding hydrogens is 433 g/mol. The van der Waals surface area contributed by atoms with Gasteiger partial charge in [0.25, 0.3) is 0 Å². The number of allylic oxidation sites excluding steroid dienone is 2. The summed E-state index contributed by atoms with van der Waals surface area (Å²) in [6.07, 6.45) is 6.20. The van der Waals surface area contributed by atoms with Crippen molar-refractivity contribution >= 4 is 11.4 Å². The van der Waals surface area contributed by atoms with Crippen LogP contribution < -0.4 is 10.2 Å². The zero-order valence-corrected chi connectivity index (χ0v) is 20.7. The molecule has 3 heterocycles. The Morgan fingerprint density at radius 3 is 2.35 bits per heavy atom. The van der Waals surface area contributed by atoms with E-state index in [-0.39, 0.29) is 34.1 Å². The third-order valence-electron chi connectivity index (χ3n) is 6.60. The smallest absolute Gasteiger partial charge is 0.151 e. The van der Waals surface area contributed by atoms with Gasteiger partial charge in [-0.25, -0.2) is 4.39 Å². The molecule has 182 valence electrons. The van der Waals surface area contributed by atoms with Gasteiger partial charge in [0.15, 0.2) is 5.82 Å². The maximum absolute atomic E-state index is 15.1. The summed E-state index contributed by atoms with van der Waals surface area (Å²) in [7, 11) is 3.73. The van der Waals surface area contributed by atoms with Crippen molar-refractivity contribution < 1.29 is 14.6 Å². The molecule has 0 bridgehead atoms. The number of nitrogens with one attached hydrogen (secondary N) is 1. The van der Waals surface area contributed by atoms with E-state index in [1.54, 1.807) is 36.4 Å². The lowest BCUT2D eigenvalue weighted by Crippen LogP contribution is -2.62. The number of piperidine rings is 1. The number of rotatable bonds is 4. The highest BCUT2D eigenvalue weighted by Gasteiger charge is 2.39. The molecule has 8 heteroatoms. The standard InChI is InChI=1S/C26H34FN5O2/c1-25(2)13-18(14-26(3,4)30-25)32(6)22-9-8-20(28-29-22)24-19(27)11-17(12-21(24)33)16-7-10-23(34)31(5)15-16/h7-12,15,18,23,30,33-34H,13-14H2,1-6H3. The lowest BCUT2D eigenvalue weighted by atomic mass is 9.79. The minimum Gasteiger partial charge on any atom is -0.507 e. The van der Waals surface area contributed by atoms with Crippen molar-refractivity contribution in [3.63, 3.8) is 0 Å². The monoisotopic (exact) mass is 467 g/mol. The van der Waals surface area contributed by atoms with Crippen molar-refractivity contribution in [2.75, 3.05) is 19.0 Å². The number of benzene rings is 1. The predicted octanol–water partition coefficient (Wildman–Crippen LogP) is 3.89. The molecule has 0 saturated carbocycles. The van der Waals surface area contributed by atoms with Crippen molar-refractivity contribution in [1.82, 2.24) is 20.4 Å². The Labute approximate surface area is 200 Å². The van der Waals surface area contributed by atoms with E-state index in [0.29, 0.717) is 17.0 Å². The molecule has 2 aromatic rings. The highest BCUT2D eigenvalue weighted by molar-refractivity contribution is 5.79. The van der Waals surface area contributed by atoms with Crippen LogP contribution in [0, 0.1) is 5.82 Å². The fourth-order valence-electron chi connectivity index (χ4n) is 5.22. The van der Waals surface area contributed by atoms with Gasteiger partial charge in [-0.2, -0.15) is 0 Å². The second kappa shape index (κ2) is 8.67. The van der Waals surface area contributed by atoms with Crippen LogP contribution >= 0.6 is 0 Å². The lowest BCUT2D eigenvalue weighted by Gasteiger charge is -2.49. The van der Waals surface area contributed by atoms with E-state index < -0.39 is 12.0 Å². The maximum Gasteiger partial charge on any atom is 0.151 e. The zero-order chi connectivity index (χ0) is 24.8. The Bertz CT molecular complexity index is 1090. The van der Waals surface area contributed by atoms with Crippen LogP contribution in [0.1, 0.15) is 46.1 Å². The number of likely N-dealkylation sites (N-methyl/N-ethyl adjacent to an activating group) is 1. The Kier molecular flexibility index (Phi) is 6.16. The number of halogens is 1. The van der Waals surface area contributed by atoms with Gasteiger partial charge in [-0.15, -0.1) is 10.2 Å². The molecule has 7 nitrogen and oxygen atoms in total. The van der Waals surface area contributed by atoms with Gasteiger partial charge < -0.3 is 25.3 Å². The summed E-state index contributed by atoms with van der Waals surface area (Å²) in [5.74, 6) is -0.0940. The Morgan fingerprint density at radius 1 is 1.12 bits per heavy atom. The highest BCUT2D eigenvalue weighted by Crippen LogP contribution is 2.36. The van der Waals surface area contributed by atoms with Gasteiger partial charge in [0.2, 0.25) is 0 Å². The molecule has 1 unspecified atom stereocenters. The van der Waals surface area contributed by atoms with Gasteiger partial charge in [-0.1, -0.05) is 6.08 Å². The van der Waals surface area contributed by atoms with E-state index >= 15 is 4.39 Å². The number of hydrogen-bond donors (Lipinski definition) is 3. The quantitative estimate of drug-likeness (QED) is 0.629. The van der Waals surface area contributed by atoms with Gasteiger partial charge in [0.05, 0.1) is 11.3 Å². The van der Waals surface area contributed by atoms with Crippen molar-refractivity contribution in [2.45, 2.75) is 63.9 Å². The maximum atomic E-state index is 15.1. The first-order valence-corrected chi connectivity index (χ1v) is 11.5. The number of anilines is 1. The zero-order valence-electron chi connectivity index (χ0n) is 20.7. The van der Waals surface area contributed by atoms with Crippen LogP contribution in [0.5, 0.6) is 5.75 Å². The van der Waals surface area contributed by atoms with Crippen LogP contribution in [0.3, 0.4) is 0 Å². The molecule has 1 aromatic heterocycles. The number of phenolic OH excluding ortho intramolecular Hbond substituents is 1. The molecule has 4 rings (SSSR count). The number of phenols is 1. The number of aliphatic hydroxyl groups excluding tert-OH is 1. The van der Waals surface area contributed by atoms with Crippen LogP contribution in [-0.4, -0.2) is 62.8 Å². The summed E-state index contributed by atoms with van der Waals surface area (Å²) < 4.78 is 15.1. The first kappa shape index (κ1) is 24.2. The molecule has 1 saturated heterocycles. The fourth-order valence-corrected chi connectivity index (χ4v) is 5.22. The fraction of sp³-hybridized carbons (Fsp3) is 0.462. The second-order valence-corrected chi connectivity index (χ2v) is 10.7. The van der Waals surface area contributed by atoms with E-state index in [1.165, 1.54) is 12.1 Å². The van der Waals surface area contributed by atoms with E-state index in [9.17, 15) is 10.2 Å². The van der Waals surface area contributed by atoms with Gasteiger partial charge in [-0.3, -0.25) is 0 Å². The SMILES string of the molecule is CN1C=C(c2cc(O)c(-c3ccc(N(C)C4CC(C)(C)NC(C)(C)C4)nn3)c(F)c2)C=CC1O. The average Bonchev–Trinajstić information content (AvgIpc) is 2.73. The molecule has 0 amide bonds. The summed E-state index contributed by atoms with van der Waals surface area (Å²) in [5.41, 5.74) is 1.48. The molecular formula is C26H34FN5O2. The first-order valence-electron chi connectivity index (χ1n) is 11.5. The molecule has 1 fully saturated rings. The summed E-state index contributed by atoms with van der Waals surface area (Å²) in [6, 6.07) is 6.65. The van der Waals surface area contributed by atoms with Crippen molar-refractivity contribution in [3.8, 4) is 17.0 Å². The minimum absolute atomic E-state index is 0.000563. The van der Waals surface area contributed by atoms with Gasteiger partial charge >= 0.3 is 0 Å². The third kappa shape index (κ3) is 4.93. The predicted molar refractivity (Wildman–Crippen MR) is 133 cm³/mol. The number of nitrogens with zero attached hydrogens (tertiary/aromatic N) is 4. The minimum atomic E-state index is -0.726. The molecule has 3 N–H and O–H groups in total. The molecule has 0 aliphatic carbocycles. The average molecular weight is 468 g/mol. The number of aliphatic hydroxyl groups is 1. The van der Waals surface area contributed by atoms with E-state index in [4.69, 9.17) is 0 Å². The summed E-state index contributed by atoms with van der Waals surface area (Å²) in [5, 5.41) is 32.7. The molecule has 1 aromatic carbocycles. The first-order chi connectivity index (χ1) is 15.8. The number of aromatic nitrogens is 2. The van der Waals surface area contributed by atoms with Gasteiger partial charge in [0.1, 0.15) is 17.8 Å². The number of hydrogen-bond acceptors (Lipinski definition) is 7. The Morgan fingerprint density at radius 2 is 1.79 bits per heavy atom. The van der Waals surface area contributed by atoms with Gasteiger partial charge in [0, 0.05) is 37.4 Å². The highest BCUT2D eigenvalue weighted by atomic mass is 19.1. The van der Waals surface area contributed by atoms with Crippen LogP contribution in [0.4, 0.5) is 10.2 Å². The summed E-state index contributed by atoms with van der Waals surface area (Å²) in [4.78, 5) is 3.73. The van der Waals surface area contributed by atoms with Crippen molar-refractivity contribution in [1.29, 1.82) is 0 Å². The van der Waals surface area contributed by atoms with E-state index in [2.05, 4.69) is 48.1 Å². The second-order valence-electron chi connectivity index (χ2n) is 10.7. The molecule has 0 radical (unpaired) electrons. The molecule has 1 atom stereocenters. The summed E-state index contributed by atoms with van der Waals surface area (Å²) >= 11 is 0. The summed E-state index contributed by atoms with van der Waals surface area (Å²) in [6.45, 7) is 8.83. The molecule has 0 spiro atoms. The van der Waals surface area contributed by atoms with Crippen molar-refractivity contribution in [3.05, 3.63) is 54.0 Å². The van der Waals surface area contributed by atoms with Gasteiger partial charge in [-0.05, 0) is 82.0 Å². The molecule has 34 heavy (non-hydrogen) atoms. The topological polar surface area (TPSA) is 84.8 Å². The van der Waals surface area contributed by atoms with Crippen LogP contribution in [0.25, 0.3) is 16.8 Å². The Balaban J connectivity index is 1.57. The van der Waals surface area contributed by atoms with E-state index in [0.717, 1.165) is 12.8 Å². The lowest BCUT2D eigenvalue weighted by molar-refractivity contribution is 0.0980. The normalized spacial score (nSPS) is 21.9. The van der Waals surface area contributed by atoms with Crippen LogP contribution in [0.15, 0.2) is 42.6 Å². The Hall–Kier alpha value is -2.97. The number of aromatic hydroxyl groups is 1.